The Morgan fingerprint density at radius 2 is 2.00 bits per heavy atom. The van der Waals surface area contributed by atoms with Gasteiger partial charge in [0.1, 0.15) is 11.7 Å². The van der Waals surface area contributed by atoms with Gasteiger partial charge in [0.25, 0.3) is 0 Å². The lowest BCUT2D eigenvalue weighted by Crippen LogP contribution is -2.40. The Morgan fingerprint density at radius 3 is 2.56 bits per heavy atom. The minimum absolute atomic E-state index is 0.00798. The molecule has 2 heterocycles. The van der Waals surface area contributed by atoms with Gasteiger partial charge in [-0.25, -0.2) is 13.4 Å². The molecule has 7 heteroatoms. The number of nitrogens with one attached hydrogen (secondary N) is 1. The highest BCUT2D eigenvalue weighted by Gasteiger charge is 2.22. The summed E-state index contributed by atoms with van der Waals surface area (Å²) in [4.78, 5) is 6.28. The molecule has 0 aliphatic carbocycles. The van der Waals surface area contributed by atoms with Crippen molar-refractivity contribution >= 4 is 21.5 Å². The van der Waals surface area contributed by atoms with E-state index in [9.17, 15) is 8.42 Å². The second kappa shape index (κ2) is 4.56. The van der Waals surface area contributed by atoms with E-state index in [0.29, 0.717) is 24.5 Å². The molecule has 0 aromatic carbocycles. The summed E-state index contributed by atoms with van der Waals surface area (Å²) < 4.78 is 22.7. The number of pyridine rings is 1. The van der Waals surface area contributed by atoms with Crippen LogP contribution >= 0.6 is 0 Å². The molecule has 1 aliphatic heterocycles. The first-order chi connectivity index (χ1) is 8.37. The van der Waals surface area contributed by atoms with Crippen LogP contribution in [0.5, 0.6) is 0 Å². The van der Waals surface area contributed by atoms with E-state index in [2.05, 4.69) is 4.98 Å². The molecule has 0 atom stereocenters. The van der Waals surface area contributed by atoms with E-state index in [1.54, 1.807) is 12.1 Å². The standard InChI is InChI=1S/C11H16N4O2S/c1-8-6-9(11(12)13)7-10(14-8)15-2-4-18(16,17)5-3-15/h6-7H,2-5H2,1H3,(H3,12,13). The third-order valence-corrected chi connectivity index (χ3v) is 4.53. The van der Waals surface area contributed by atoms with Gasteiger partial charge >= 0.3 is 0 Å². The summed E-state index contributed by atoms with van der Waals surface area (Å²) in [6.45, 7) is 2.71. The SMILES string of the molecule is Cc1cc(C(=N)N)cc(N2CCS(=O)(=O)CC2)n1. The molecule has 6 nitrogen and oxygen atoms in total. The molecule has 0 unspecified atom stereocenters. The maximum absolute atomic E-state index is 11.4. The van der Waals surface area contributed by atoms with E-state index in [0.717, 1.165) is 5.69 Å². The zero-order chi connectivity index (χ0) is 13.3. The highest BCUT2D eigenvalue weighted by Crippen LogP contribution is 2.17. The molecule has 0 bridgehead atoms. The fourth-order valence-corrected chi connectivity index (χ4v) is 3.11. The minimum atomic E-state index is -2.90. The van der Waals surface area contributed by atoms with E-state index >= 15 is 0 Å². The highest BCUT2D eigenvalue weighted by molar-refractivity contribution is 7.91. The third-order valence-electron chi connectivity index (χ3n) is 2.92. The monoisotopic (exact) mass is 268 g/mol. The molecule has 0 saturated carbocycles. The van der Waals surface area contributed by atoms with Crippen LogP contribution in [0.25, 0.3) is 0 Å². The van der Waals surface area contributed by atoms with Gasteiger partial charge in [-0.15, -0.1) is 0 Å². The predicted octanol–water partition coefficient (Wildman–Crippen LogP) is -0.0911. The Labute approximate surface area is 106 Å². The molecule has 2 rings (SSSR count). The second-order valence-corrected chi connectivity index (χ2v) is 6.71. The normalized spacial score (nSPS) is 18.6. The number of hydrogen-bond donors (Lipinski definition) is 2. The molecule has 1 aromatic heterocycles. The molecule has 1 fully saturated rings. The van der Waals surface area contributed by atoms with Crippen molar-refractivity contribution in [2.75, 3.05) is 29.5 Å². The Hall–Kier alpha value is -1.63. The van der Waals surface area contributed by atoms with Gasteiger partial charge in [-0.2, -0.15) is 0 Å². The van der Waals surface area contributed by atoms with Crippen molar-refractivity contribution in [3.05, 3.63) is 23.4 Å². The number of rotatable bonds is 2. The second-order valence-electron chi connectivity index (χ2n) is 4.41. The molecule has 3 N–H and O–H groups in total. The van der Waals surface area contributed by atoms with Crippen molar-refractivity contribution in [1.82, 2.24) is 4.98 Å². The predicted molar refractivity (Wildman–Crippen MR) is 70.9 cm³/mol. The van der Waals surface area contributed by atoms with E-state index < -0.39 is 9.84 Å². The largest absolute Gasteiger partial charge is 0.384 e. The number of amidine groups is 1. The number of nitrogens with two attached hydrogens (primary N) is 1. The van der Waals surface area contributed by atoms with Crippen LogP contribution in [-0.4, -0.2) is 43.8 Å². The molecule has 0 radical (unpaired) electrons. The first-order valence-corrected chi connectivity index (χ1v) is 7.48. The maximum Gasteiger partial charge on any atom is 0.153 e. The van der Waals surface area contributed by atoms with Gasteiger partial charge in [0.05, 0.1) is 11.5 Å². The topological polar surface area (TPSA) is 100 Å². The number of sulfone groups is 1. The highest BCUT2D eigenvalue weighted by atomic mass is 32.2. The summed E-state index contributed by atoms with van der Waals surface area (Å²) in [5, 5.41) is 7.44. The summed E-state index contributed by atoms with van der Waals surface area (Å²) in [6.07, 6.45) is 0. The first kappa shape index (κ1) is 12.8. The molecule has 18 heavy (non-hydrogen) atoms. The molecule has 0 spiro atoms. The summed E-state index contributed by atoms with van der Waals surface area (Å²) in [6, 6.07) is 3.47. The zero-order valence-electron chi connectivity index (χ0n) is 10.2. The Morgan fingerprint density at radius 1 is 1.39 bits per heavy atom. The zero-order valence-corrected chi connectivity index (χ0v) is 11.0. The summed E-state index contributed by atoms with van der Waals surface area (Å²) >= 11 is 0. The van der Waals surface area contributed by atoms with Crippen LogP contribution in [0.15, 0.2) is 12.1 Å². The van der Waals surface area contributed by atoms with Gasteiger partial charge in [-0.1, -0.05) is 0 Å². The first-order valence-electron chi connectivity index (χ1n) is 5.66. The number of nitrogen functional groups attached to an aromatic ring is 1. The van der Waals surface area contributed by atoms with Gasteiger partial charge < -0.3 is 10.6 Å². The van der Waals surface area contributed by atoms with Crippen LogP contribution in [-0.2, 0) is 9.84 Å². The van der Waals surface area contributed by atoms with Crippen molar-refractivity contribution in [1.29, 1.82) is 5.41 Å². The molecule has 1 aliphatic rings. The Kier molecular flexibility index (Phi) is 3.25. The van der Waals surface area contributed by atoms with E-state index in [1.165, 1.54) is 0 Å². The number of aryl methyl sites for hydroxylation is 1. The fraction of sp³-hybridized carbons (Fsp3) is 0.455. The van der Waals surface area contributed by atoms with Crippen molar-refractivity contribution in [2.45, 2.75) is 6.92 Å². The molecular formula is C11H16N4O2S. The fourth-order valence-electron chi connectivity index (χ4n) is 1.91. The molecule has 98 valence electrons. The number of hydrogen-bond acceptors (Lipinski definition) is 5. The summed E-state index contributed by atoms with van der Waals surface area (Å²) in [5.74, 6) is 0.984. The van der Waals surface area contributed by atoms with Crippen LogP contribution < -0.4 is 10.6 Å². The van der Waals surface area contributed by atoms with Crippen LogP contribution in [0, 0.1) is 12.3 Å². The molecular weight excluding hydrogens is 252 g/mol. The average molecular weight is 268 g/mol. The van der Waals surface area contributed by atoms with Crippen LogP contribution in [0.3, 0.4) is 0 Å². The summed E-state index contributed by atoms with van der Waals surface area (Å²) in [5.41, 5.74) is 6.85. The molecule has 1 saturated heterocycles. The maximum atomic E-state index is 11.4. The van der Waals surface area contributed by atoms with Gasteiger partial charge in [-0.3, -0.25) is 5.41 Å². The number of anilines is 1. The lowest BCUT2D eigenvalue weighted by Gasteiger charge is -2.28. The average Bonchev–Trinajstić information content (AvgIpc) is 2.28. The lowest BCUT2D eigenvalue weighted by molar-refractivity contribution is 0.586. The van der Waals surface area contributed by atoms with Gasteiger partial charge in [-0.05, 0) is 19.1 Å². The van der Waals surface area contributed by atoms with E-state index in [-0.39, 0.29) is 17.3 Å². The van der Waals surface area contributed by atoms with Crippen LogP contribution in [0.1, 0.15) is 11.3 Å². The molecule has 1 aromatic rings. The smallest absolute Gasteiger partial charge is 0.153 e. The van der Waals surface area contributed by atoms with Crippen LogP contribution in [0.4, 0.5) is 5.82 Å². The molecule has 0 amide bonds. The van der Waals surface area contributed by atoms with Crippen molar-refractivity contribution < 1.29 is 8.42 Å². The third kappa shape index (κ3) is 2.79. The Bertz CT molecular complexity index is 569. The van der Waals surface area contributed by atoms with E-state index in [1.807, 2.05) is 11.8 Å². The van der Waals surface area contributed by atoms with Crippen molar-refractivity contribution in [2.24, 2.45) is 5.73 Å². The van der Waals surface area contributed by atoms with Crippen LogP contribution in [0.2, 0.25) is 0 Å². The van der Waals surface area contributed by atoms with Gasteiger partial charge in [0.15, 0.2) is 9.84 Å². The van der Waals surface area contributed by atoms with Crippen molar-refractivity contribution in [3.63, 3.8) is 0 Å². The van der Waals surface area contributed by atoms with E-state index in [4.69, 9.17) is 11.1 Å². The van der Waals surface area contributed by atoms with Crippen molar-refractivity contribution in [3.8, 4) is 0 Å². The quantitative estimate of drug-likeness (QED) is 0.576. The Balaban J connectivity index is 2.26. The minimum Gasteiger partial charge on any atom is -0.384 e. The lowest BCUT2D eigenvalue weighted by atomic mass is 10.2. The van der Waals surface area contributed by atoms with Gasteiger partial charge in [0.2, 0.25) is 0 Å². The number of nitrogens with zero attached hydrogens (tertiary/aromatic N) is 2. The van der Waals surface area contributed by atoms with Gasteiger partial charge in [0, 0.05) is 24.3 Å². The summed E-state index contributed by atoms with van der Waals surface area (Å²) in [7, 11) is -2.90. The number of aromatic nitrogens is 1.